The summed E-state index contributed by atoms with van der Waals surface area (Å²) < 4.78 is 6.97. The molecule has 0 saturated carbocycles. The maximum atomic E-state index is 11.0. The van der Waals surface area contributed by atoms with Gasteiger partial charge in [-0.1, -0.05) is 0 Å². The van der Waals surface area contributed by atoms with E-state index in [9.17, 15) is 4.79 Å². The third-order valence-electron chi connectivity index (χ3n) is 2.93. The first-order valence-corrected chi connectivity index (χ1v) is 5.87. The summed E-state index contributed by atoms with van der Waals surface area (Å²) in [6, 6.07) is 0. The van der Waals surface area contributed by atoms with E-state index in [1.54, 1.807) is 11.7 Å². The van der Waals surface area contributed by atoms with Crippen molar-refractivity contribution in [3.8, 4) is 0 Å². The van der Waals surface area contributed by atoms with E-state index in [-0.39, 0.29) is 5.56 Å². The molecular formula is C12H16N4O3. The summed E-state index contributed by atoms with van der Waals surface area (Å²) in [5.74, 6) is 0.408. The number of carbonyl (C=O) groups is 1. The Bertz CT molecular complexity index is 581. The number of carboxylic acids is 1. The number of oxazole rings is 1. The maximum absolute atomic E-state index is 11.0. The zero-order chi connectivity index (χ0) is 14.0. The summed E-state index contributed by atoms with van der Waals surface area (Å²) in [6.07, 6.45) is 1.35. The molecule has 2 heterocycles. The molecular weight excluding hydrogens is 248 g/mol. The normalized spacial score (nSPS) is 10.9. The molecule has 2 aromatic rings. The third-order valence-corrected chi connectivity index (χ3v) is 2.93. The quantitative estimate of drug-likeness (QED) is 0.837. The Morgan fingerprint density at radius 3 is 2.79 bits per heavy atom. The van der Waals surface area contributed by atoms with Crippen LogP contribution < -0.4 is 5.32 Å². The van der Waals surface area contributed by atoms with Gasteiger partial charge in [0.2, 0.25) is 5.89 Å². The highest BCUT2D eigenvalue weighted by atomic mass is 16.4. The fourth-order valence-electron chi connectivity index (χ4n) is 1.75. The summed E-state index contributed by atoms with van der Waals surface area (Å²) in [5.41, 5.74) is 1.69. The minimum Gasteiger partial charge on any atom is -0.478 e. The highest BCUT2D eigenvalue weighted by Gasteiger charge is 2.14. The maximum Gasteiger partial charge on any atom is 0.339 e. The van der Waals surface area contributed by atoms with Gasteiger partial charge in [-0.15, -0.1) is 0 Å². The third kappa shape index (κ3) is 2.82. The molecule has 0 fully saturated rings. The van der Waals surface area contributed by atoms with Crippen molar-refractivity contribution in [2.24, 2.45) is 7.05 Å². The molecule has 7 heteroatoms. The molecule has 7 nitrogen and oxygen atoms in total. The van der Waals surface area contributed by atoms with Crippen LogP contribution in [0.1, 0.15) is 33.4 Å². The van der Waals surface area contributed by atoms with Gasteiger partial charge in [-0.2, -0.15) is 5.10 Å². The Kier molecular flexibility index (Phi) is 3.66. The summed E-state index contributed by atoms with van der Waals surface area (Å²) in [4.78, 5) is 15.2. The Morgan fingerprint density at radius 2 is 2.21 bits per heavy atom. The largest absolute Gasteiger partial charge is 0.478 e. The topological polar surface area (TPSA) is 93.2 Å². The Labute approximate surface area is 110 Å². The fraction of sp³-hybridized carbons (Fsp3) is 0.417. The van der Waals surface area contributed by atoms with Crippen LogP contribution in [0, 0.1) is 13.8 Å². The minimum absolute atomic E-state index is 0.203. The predicted molar refractivity (Wildman–Crippen MR) is 66.7 cm³/mol. The van der Waals surface area contributed by atoms with E-state index in [4.69, 9.17) is 9.52 Å². The monoisotopic (exact) mass is 264 g/mol. The van der Waals surface area contributed by atoms with Crippen molar-refractivity contribution in [2.75, 3.05) is 0 Å². The first-order chi connectivity index (χ1) is 8.99. The molecule has 0 aliphatic rings. The van der Waals surface area contributed by atoms with Gasteiger partial charge in [0, 0.05) is 13.6 Å². The van der Waals surface area contributed by atoms with Crippen molar-refractivity contribution in [2.45, 2.75) is 26.9 Å². The highest BCUT2D eigenvalue weighted by molar-refractivity contribution is 5.88. The van der Waals surface area contributed by atoms with Crippen molar-refractivity contribution < 1.29 is 14.3 Å². The lowest BCUT2D eigenvalue weighted by Gasteiger charge is -2.04. The van der Waals surface area contributed by atoms with Crippen LogP contribution in [0.25, 0.3) is 0 Å². The molecule has 0 radical (unpaired) electrons. The molecule has 0 atom stereocenters. The summed E-state index contributed by atoms with van der Waals surface area (Å²) in [6.45, 7) is 4.57. The van der Waals surface area contributed by atoms with Gasteiger partial charge in [-0.05, 0) is 13.8 Å². The Hall–Kier alpha value is -2.15. The molecule has 0 aliphatic heterocycles. The first kappa shape index (κ1) is 13.3. The molecule has 2 rings (SSSR count). The van der Waals surface area contributed by atoms with Gasteiger partial charge >= 0.3 is 5.97 Å². The van der Waals surface area contributed by atoms with Crippen molar-refractivity contribution in [3.63, 3.8) is 0 Å². The molecule has 0 saturated heterocycles. The van der Waals surface area contributed by atoms with Crippen LogP contribution in [0.2, 0.25) is 0 Å². The lowest BCUT2D eigenvalue weighted by Crippen LogP contribution is -2.17. The fourth-order valence-corrected chi connectivity index (χ4v) is 1.75. The minimum atomic E-state index is -0.979. The van der Waals surface area contributed by atoms with Crippen LogP contribution in [0.15, 0.2) is 10.6 Å². The van der Waals surface area contributed by atoms with Crippen molar-refractivity contribution in [1.29, 1.82) is 0 Å². The summed E-state index contributed by atoms with van der Waals surface area (Å²) in [5, 5.41) is 16.1. The van der Waals surface area contributed by atoms with Crippen molar-refractivity contribution in [3.05, 3.63) is 34.8 Å². The number of hydrogen-bond donors (Lipinski definition) is 2. The van der Waals surface area contributed by atoms with E-state index in [2.05, 4.69) is 15.4 Å². The SMILES string of the molecule is Cc1nc(CNCc2c(C(=O)O)cnn2C)oc1C. The van der Waals surface area contributed by atoms with E-state index < -0.39 is 5.97 Å². The van der Waals surface area contributed by atoms with Gasteiger partial charge in [0.25, 0.3) is 0 Å². The van der Waals surface area contributed by atoms with E-state index >= 15 is 0 Å². The number of rotatable bonds is 5. The number of aromatic nitrogens is 3. The zero-order valence-corrected chi connectivity index (χ0v) is 11.1. The Balaban J connectivity index is 1.99. The van der Waals surface area contributed by atoms with Gasteiger partial charge in [0.15, 0.2) is 0 Å². The van der Waals surface area contributed by atoms with Crippen LogP contribution in [0.5, 0.6) is 0 Å². The first-order valence-electron chi connectivity index (χ1n) is 5.87. The van der Waals surface area contributed by atoms with Crippen LogP contribution in [0.3, 0.4) is 0 Å². The molecule has 2 N–H and O–H groups in total. The second-order valence-electron chi connectivity index (χ2n) is 4.29. The lowest BCUT2D eigenvalue weighted by atomic mass is 10.2. The van der Waals surface area contributed by atoms with Crippen molar-refractivity contribution >= 4 is 5.97 Å². The number of nitrogens with one attached hydrogen (secondary N) is 1. The average Bonchev–Trinajstić information content (AvgIpc) is 2.84. The number of aromatic carboxylic acids is 1. The molecule has 0 aromatic carbocycles. The van der Waals surface area contributed by atoms with E-state index in [1.165, 1.54) is 6.20 Å². The highest BCUT2D eigenvalue weighted by Crippen LogP contribution is 2.10. The molecule has 0 bridgehead atoms. The summed E-state index contributed by atoms with van der Waals surface area (Å²) in [7, 11) is 1.71. The van der Waals surface area contributed by atoms with Crippen LogP contribution >= 0.6 is 0 Å². The molecule has 19 heavy (non-hydrogen) atoms. The zero-order valence-electron chi connectivity index (χ0n) is 11.1. The van der Waals surface area contributed by atoms with Crippen LogP contribution in [0.4, 0.5) is 0 Å². The van der Waals surface area contributed by atoms with Gasteiger partial charge in [0.1, 0.15) is 11.3 Å². The van der Waals surface area contributed by atoms with Gasteiger partial charge in [0.05, 0.1) is 24.1 Å². The van der Waals surface area contributed by atoms with E-state index in [0.717, 1.165) is 11.5 Å². The average molecular weight is 264 g/mol. The standard InChI is InChI=1S/C12H16N4O3/c1-7-8(2)19-11(15-7)6-13-5-10-9(12(17)18)4-14-16(10)3/h4,13H,5-6H2,1-3H3,(H,17,18). The number of carboxylic acid groups (broad SMARTS) is 1. The molecule has 0 amide bonds. The summed E-state index contributed by atoms with van der Waals surface area (Å²) >= 11 is 0. The van der Waals surface area contributed by atoms with Crippen LogP contribution in [-0.4, -0.2) is 25.8 Å². The number of aryl methyl sites for hydroxylation is 3. The predicted octanol–water partition coefficient (Wildman–Crippen LogP) is 1.01. The van der Waals surface area contributed by atoms with Crippen LogP contribution in [-0.2, 0) is 20.1 Å². The molecule has 2 aromatic heterocycles. The molecule has 0 aliphatic carbocycles. The van der Waals surface area contributed by atoms with Gasteiger partial charge < -0.3 is 14.8 Å². The van der Waals surface area contributed by atoms with Gasteiger partial charge in [-0.25, -0.2) is 9.78 Å². The molecule has 0 spiro atoms. The molecule has 0 unspecified atom stereocenters. The lowest BCUT2D eigenvalue weighted by molar-refractivity contribution is 0.0695. The second kappa shape index (κ2) is 5.23. The van der Waals surface area contributed by atoms with E-state index in [0.29, 0.717) is 24.7 Å². The second-order valence-corrected chi connectivity index (χ2v) is 4.29. The smallest absolute Gasteiger partial charge is 0.339 e. The van der Waals surface area contributed by atoms with Gasteiger partial charge in [-0.3, -0.25) is 4.68 Å². The van der Waals surface area contributed by atoms with Crippen molar-refractivity contribution in [1.82, 2.24) is 20.1 Å². The number of nitrogens with zero attached hydrogens (tertiary/aromatic N) is 3. The molecule has 102 valence electrons. The van der Waals surface area contributed by atoms with E-state index in [1.807, 2.05) is 13.8 Å². The number of hydrogen-bond acceptors (Lipinski definition) is 5. The Morgan fingerprint density at radius 1 is 1.47 bits per heavy atom.